The van der Waals surface area contributed by atoms with Gasteiger partial charge in [-0.2, -0.15) is 4.31 Å². The molecular weight excluding hydrogens is 579 g/mol. The number of carboxylic acid groups (broad SMARTS) is 1. The van der Waals surface area contributed by atoms with Crippen molar-refractivity contribution in [3.8, 4) is 5.75 Å². The summed E-state index contributed by atoms with van der Waals surface area (Å²) in [5, 5.41) is 9.92. The first-order valence-corrected chi connectivity index (χ1v) is 18.3. The van der Waals surface area contributed by atoms with Crippen molar-refractivity contribution in [3.63, 3.8) is 0 Å². The van der Waals surface area contributed by atoms with E-state index in [1.165, 1.54) is 28.4 Å². The van der Waals surface area contributed by atoms with Crippen LogP contribution in [0.1, 0.15) is 40.2 Å². The highest BCUT2D eigenvalue weighted by molar-refractivity contribution is 7.89. The van der Waals surface area contributed by atoms with E-state index in [1.807, 2.05) is 31.2 Å². The number of hydrogen-bond donors (Lipinski definition) is 1. The molecule has 0 aliphatic rings. The van der Waals surface area contributed by atoms with Gasteiger partial charge in [0.25, 0.3) is 0 Å². The Labute approximate surface area is 251 Å². The molecule has 0 bridgehead atoms. The van der Waals surface area contributed by atoms with Crippen molar-refractivity contribution in [2.75, 3.05) is 33.9 Å². The Bertz CT molecular complexity index is 1250. The third-order valence-electron chi connectivity index (χ3n) is 7.90. The van der Waals surface area contributed by atoms with Crippen molar-refractivity contribution < 1.29 is 36.6 Å². The van der Waals surface area contributed by atoms with Gasteiger partial charge in [0.15, 0.2) is 8.32 Å². The molecule has 0 saturated carbocycles. The fraction of sp³-hybridized carbons (Fsp3) is 0.567. The van der Waals surface area contributed by atoms with Crippen LogP contribution in [0.2, 0.25) is 18.1 Å². The quantitative estimate of drug-likeness (QED) is 0.239. The number of halogens is 1. The van der Waals surface area contributed by atoms with Crippen LogP contribution < -0.4 is 4.74 Å². The topological polar surface area (TPSA) is 106 Å². The minimum Gasteiger partial charge on any atom is -0.497 e. The van der Waals surface area contributed by atoms with Gasteiger partial charge in [-0.3, -0.25) is 0 Å². The van der Waals surface area contributed by atoms with Crippen LogP contribution in [0.3, 0.4) is 0 Å². The highest BCUT2D eigenvalue weighted by atomic mass is 32.2. The molecule has 0 heterocycles. The monoisotopic (exact) mass is 626 g/mol. The fourth-order valence-corrected chi connectivity index (χ4v) is 6.66. The lowest BCUT2D eigenvalue weighted by Gasteiger charge is -2.42. The maximum absolute atomic E-state index is 13.4. The molecular formula is C30H47FN2O7SSi. The molecule has 12 heteroatoms. The lowest BCUT2D eigenvalue weighted by atomic mass is 10.0. The molecule has 2 rings (SSSR count). The molecule has 0 aliphatic carbocycles. The van der Waals surface area contributed by atoms with Crippen molar-refractivity contribution in [1.29, 1.82) is 0 Å². The number of likely N-dealkylation sites (N-methyl/N-ethyl adjacent to an activating group) is 1. The van der Waals surface area contributed by atoms with Gasteiger partial charge in [-0.25, -0.2) is 17.6 Å². The van der Waals surface area contributed by atoms with Crippen molar-refractivity contribution in [1.82, 2.24) is 9.21 Å². The third-order valence-corrected chi connectivity index (χ3v) is 14.2. The normalized spacial score (nSPS) is 14.8. The molecule has 3 atom stereocenters. The summed E-state index contributed by atoms with van der Waals surface area (Å²) in [6.07, 6.45) is -1.69. The van der Waals surface area contributed by atoms with Crippen LogP contribution >= 0.6 is 0 Å². The second kappa shape index (κ2) is 14.8. The Balaban J connectivity index is 2.21. The molecule has 0 unspecified atom stereocenters. The summed E-state index contributed by atoms with van der Waals surface area (Å²) in [6, 6.07) is 11.7. The van der Waals surface area contributed by atoms with Gasteiger partial charge in [-0.15, -0.1) is 0 Å². The number of amides is 1. The first-order valence-electron chi connectivity index (χ1n) is 14.0. The van der Waals surface area contributed by atoms with E-state index >= 15 is 0 Å². The first-order chi connectivity index (χ1) is 19.4. The van der Waals surface area contributed by atoms with E-state index in [4.69, 9.17) is 13.9 Å². The zero-order valence-corrected chi connectivity index (χ0v) is 28.1. The van der Waals surface area contributed by atoms with Gasteiger partial charge in [-0.05, 0) is 67.0 Å². The van der Waals surface area contributed by atoms with Gasteiger partial charge in [0.2, 0.25) is 10.0 Å². The number of carbonyl (C=O) groups is 1. The van der Waals surface area contributed by atoms with Gasteiger partial charge < -0.3 is 23.9 Å². The van der Waals surface area contributed by atoms with Crippen LogP contribution in [-0.2, 0) is 25.8 Å². The summed E-state index contributed by atoms with van der Waals surface area (Å²) in [5.74, 6) is -0.144. The van der Waals surface area contributed by atoms with Crippen molar-refractivity contribution >= 4 is 24.4 Å². The lowest BCUT2D eigenvalue weighted by molar-refractivity contribution is 0.0340. The van der Waals surface area contributed by atoms with E-state index < -0.39 is 42.4 Å². The van der Waals surface area contributed by atoms with Crippen molar-refractivity contribution in [3.05, 3.63) is 59.9 Å². The van der Waals surface area contributed by atoms with Crippen LogP contribution in [0, 0.1) is 11.7 Å². The Morgan fingerprint density at radius 1 is 1.02 bits per heavy atom. The predicted molar refractivity (Wildman–Crippen MR) is 164 cm³/mol. The van der Waals surface area contributed by atoms with Gasteiger partial charge >= 0.3 is 6.09 Å². The standard InChI is InChI=1S/C30H47FN2O7SSi/c1-22(18-33(29(34)35)23(2)20-39-21-24-10-14-26(38-7)15-11-24)28(40-42(8,9)30(3,4)5)19-32(6)41(36,37)27-16-12-25(31)13-17-27/h10-17,22-23,28H,18-21H2,1-9H3,(H,34,35)/t22-,23+,28+/m1/s1. The molecule has 2 aromatic carbocycles. The number of rotatable bonds is 15. The summed E-state index contributed by atoms with van der Waals surface area (Å²) in [6.45, 7) is 14.7. The molecule has 0 spiro atoms. The molecule has 0 fully saturated rings. The number of nitrogens with zero attached hydrogens (tertiary/aromatic N) is 2. The summed E-state index contributed by atoms with van der Waals surface area (Å²) >= 11 is 0. The molecule has 0 aliphatic heterocycles. The van der Waals surface area contributed by atoms with E-state index in [1.54, 1.807) is 14.0 Å². The Hall–Kier alpha value is -2.51. The second-order valence-corrected chi connectivity index (χ2v) is 19.1. The van der Waals surface area contributed by atoms with Crippen molar-refractivity contribution in [2.24, 2.45) is 5.92 Å². The minimum absolute atomic E-state index is 0.00317. The zero-order valence-electron chi connectivity index (χ0n) is 26.3. The maximum Gasteiger partial charge on any atom is 0.407 e. The van der Waals surface area contributed by atoms with Crippen LogP contribution in [0.4, 0.5) is 9.18 Å². The van der Waals surface area contributed by atoms with E-state index in [-0.39, 0.29) is 35.5 Å². The molecule has 0 saturated heterocycles. The summed E-state index contributed by atoms with van der Waals surface area (Å²) in [5.41, 5.74) is 0.937. The summed E-state index contributed by atoms with van der Waals surface area (Å²) in [4.78, 5) is 13.6. The number of hydrogen-bond acceptors (Lipinski definition) is 6. The molecule has 0 radical (unpaired) electrons. The SMILES string of the molecule is COc1ccc(COC[C@H](C)N(C[C@@H](C)[C@H](CN(C)S(=O)(=O)c2ccc(F)cc2)O[Si](C)(C)C(C)(C)C)C(=O)O)cc1. The fourth-order valence-electron chi connectivity index (χ4n) is 4.06. The predicted octanol–water partition coefficient (Wildman–Crippen LogP) is 6.07. The van der Waals surface area contributed by atoms with E-state index in [0.717, 1.165) is 23.4 Å². The summed E-state index contributed by atoms with van der Waals surface area (Å²) in [7, 11) is -3.27. The van der Waals surface area contributed by atoms with Crippen LogP contribution in [0.15, 0.2) is 53.4 Å². The lowest BCUT2D eigenvalue weighted by Crippen LogP contribution is -2.52. The van der Waals surface area contributed by atoms with Gasteiger partial charge in [0.1, 0.15) is 11.6 Å². The van der Waals surface area contributed by atoms with Crippen molar-refractivity contribution in [2.45, 2.75) is 76.4 Å². The summed E-state index contributed by atoms with van der Waals surface area (Å²) < 4.78 is 59.0. The molecule has 1 amide bonds. The average Bonchev–Trinajstić information content (AvgIpc) is 2.90. The third kappa shape index (κ3) is 9.77. The number of ether oxygens (including phenoxy) is 2. The maximum atomic E-state index is 13.4. The molecule has 236 valence electrons. The van der Waals surface area contributed by atoms with E-state index in [0.29, 0.717) is 6.61 Å². The number of benzene rings is 2. The molecule has 2 aromatic rings. The Morgan fingerprint density at radius 3 is 2.10 bits per heavy atom. The highest BCUT2D eigenvalue weighted by Gasteiger charge is 2.41. The Morgan fingerprint density at radius 2 is 1.60 bits per heavy atom. The first kappa shape index (κ1) is 35.7. The average molecular weight is 627 g/mol. The number of sulfonamides is 1. The van der Waals surface area contributed by atoms with Crippen LogP contribution in [-0.4, -0.2) is 83.1 Å². The largest absolute Gasteiger partial charge is 0.497 e. The van der Waals surface area contributed by atoms with Gasteiger partial charge in [-0.1, -0.05) is 39.8 Å². The molecule has 0 aromatic heterocycles. The smallest absolute Gasteiger partial charge is 0.407 e. The van der Waals surface area contributed by atoms with Gasteiger partial charge in [0, 0.05) is 26.1 Å². The molecule has 42 heavy (non-hydrogen) atoms. The zero-order chi connectivity index (χ0) is 31.9. The molecule has 1 N–H and O–H groups in total. The van der Waals surface area contributed by atoms with Gasteiger partial charge in [0.05, 0.1) is 37.4 Å². The number of methoxy groups -OCH3 is 1. The Kier molecular flexibility index (Phi) is 12.6. The minimum atomic E-state index is -3.94. The van der Waals surface area contributed by atoms with E-state index in [2.05, 4.69) is 33.9 Å². The van der Waals surface area contributed by atoms with Crippen LogP contribution in [0.5, 0.6) is 5.75 Å². The highest BCUT2D eigenvalue weighted by Crippen LogP contribution is 2.38. The van der Waals surface area contributed by atoms with E-state index in [9.17, 15) is 22.7 Å². The second-order valence-electron chi connectivity index (χ2n) is 12.3. The van der Waals surface area contributed by atoms with Crippen LogP contribution in [0.25, 0.3) is 0 Å². The molecule has 9 nitrogen and oxygen atoms in total.